The van der Waals surface area contributed by atoms with Crippen LogP contribution in [0.1, 0.15) is 20.8 Å². The number of rotatable bonds is 6. The van der Waals surface area contributed by atoms with Crippen molar-refractivity contribution in [1.82, 2.24) is 24.8 Å². The molecule has 0 atom stereocenters. The Bertz CT molecular complexity index is 1000. The molecule has 0 amide bonds. The minimum Gasteiger partial charge on any atom is -0.516 e. The van der Waals surface area contributed by atoms with Crippen molar-refractivity contribution in [3.05, 3.63) is 24.5 Å². The van der Waals surface area contributed by atoms with E-state index in [2.05, 4.69) is 51.7 Å². The second kappa shape index (κ2) is 8.90. The summed E-state index contributed by atoms with van der Waals surface area (Å²) in [6, 6.07) is 6.91. The van der Waals surface area contributed by atoms with Gasteiger partial charge >= 0.3 is 0 Å². The zero-order valence-corrected chi connectivity index (χ0v) is 20.3. The van der Waals surface area contributed by atoms with E-state index in [-0.39, 0.29) is 33.3 Å². The summed E-state index contributed by atoms with van der Waals surface area (Å²) in [5.41, 5.74) is 7.59. The minimum absolute atomic E-state index is 0. The molecular weight excluding hydrogens is 560 g/mol. The summed E-state index contributed by atoms with van der Waals surface area (Å²) < 4.78 is 12.9. The second-order valence-electron chi connectivity index (χ2n) is 7.75. The molecule has 0 bridgehead atoms. The van der Waals surface area contributed by atoms with Crippen molar-refractivity contribution in [2.24, 2.45) is 5.41 Å². The number of benzene rings is 1. The van der Waals surface area contributed by atoms with Crippen molar-refractivity contribution in [1.29, 1.82) is 0 Å². The smallest absolute Gasteiger partial charge is 0.215 e. The van der Waals surface area contributed by atoms with E-state index in [4.69, 9.17) is 15.2 Å². The summed E-state index contributed by atoms with van der Waals surface area (Å²) in [7, 11) is 0. The summed E-state index contributed by atoms with van der Waals surface area (Å²) in [5, 5.41) is 4.28. The van der Waals surface area contributed by atoms with Crippen LogP contribution in [0.2, 0.25) is 0 Å². The first-order valence-corrected chi connectivity index (χ1v) is 9.89. The molecule has 29 heavy (non-hydrogen) atoms. The predicted molar refractivity (Wildman–Crippen MR) is 108 cm³/mol. The van der Waals surface area contributed by atoms with Crippen molar-refractivity contribution in [2.45, 2.75) is 37.4 Å². The van der Waals surface area contributed by atoms with Gasteiger partial charge in [0.1, 0.15) is 6.33 Å². The SMILES string of the molecule is CC(C)(C)CNCCn1c(Sc2[c-]cc3c(c2)OCO3)nc2c(N)ncnc21.[W]. The summed E-state index contributed by atoms with van der Waals surface area (Å²) >= 11 is 1.49. The number of ether oxygens (including phenoxy) is 2. The molecule has 1 aromatic carbocycles. The fraction of sp³-hybridized carbons (Fsp3) is 0.421. The number of nitrogens with zero attached hydrogens (tertiary/aromatic N) is 4. The zero-order chi connectivity index (χ0) is 19.7. The van der Waals surface area contributed by atoms with Gasteiger partial charge in [0, 0.05) is 40.7 Å². The van der Waals surface area contributed by atoms with Crippen LogP contribution in [0.15, 0.2) is 28.5 Å². The molecule has 8 nitrogen and oxygen atoms in total. The van der Waals surface area contributed by atoms with Gasteiger partial charge < -0.3 is 25.1 Å². The number of anilines is 1. The first-order chi connectivity index (χ1) is 13.4. The normalized spacial score (nSPS) is 12.9. The Hall–Kier alpha value is -1.83. The zero-order valence-electron chi connectivity index (χ0n) is 16.6. The number of hydrogen-bond acceptors (Lipinski definition) is 8. The van der Waals surface area contributed by atoms with Gasteiger partial charge in [-0.2, -0.15) is 6.07 Å². The van der Waals surface area contributed by atoms with Gasteiger partial charge in [-0.05, 0) is 5.41 Å². The minimum atomic E-state index is 0. The Morgan fingerprint density at radius 1 is 1.28 bits per heavy atom. The molecule has 3 aromatic rings. The van der Waals surface area contributed by atoms with Crippen molar-refractivity contribution in [2.75, 3.05) is 25.6 Å². The molecule has 2 aromatic heterocycles. The van der Waals surface area contributed by atoms with Crippen molar-refractivity contribution >= 4 is 28.7 Å². The van der Waals surface area contributed by atoms with E-state index in [1.165, 1.54) is 18.1 Å². The molecule has 0 aliphatic carbocycles. The monoisotopic (exact) mass is 583 g/mol. The van der Waals surface area contributed by atoms with Crippen LogP contribution in [-0.4, -0.2) is 39.4 Å². The molecule has 154 valence electrons. The van der Waals surface area contributed by atoms with Crippen molar-refractivity contribution < 1.29 is 30.5 Å². The summed E-state index contributed by atoms with van der Waals surface area (Å²) in [5.74, 6) is 1.80. The van der Waals surface area contributed by atoms with Crippen LogP contribution >= 0.6 is 11.8 Å². The van der Waals surface area contributed by atoms with Gasteiger partial charge in [-0.3, -0.25) is 0 Å². The van der Waals surface area contributed by atoms with Crippen LogP contribution in [-0.2, 0) is 27.6 Å². The van der Waals surface area contributed by atoms with E-state index in [0.29, 0.717) is 17.1 Å². The fourth-order valence-corrected chi connectivity index (χ4v) is 3.75. The number of hydrogen-bond donors (Lipinski definition) is 2. The first-order valence-electron chi connectivity index (χ1n) is 9.07. The maximum absolute atomic E-state index is 6.02. The van der Waals surface area contributed by atoms with E-state index < -0.39 is 0 Å². The van der Waals surface area contributed by atoms with Gasteiger partial charge in [-0.25, -0.2) is 15.0 Å². The number of nitrogens with two attached hydrogens (primary N) is 1. The number of fused-ring (bicyclic) bond motifs is 2. The Labute approximate surface area is 188 Å². The van der Waals surface area contributed by atoms with E-state index in [1.807, 2.05) is 6.07 Å². The maximum atomic E-state index is 6.02. The molecule has 0 radical (unpaired) electrons. The molecule has 0 fully saturated rings. The van der Waals surface area contributed by atoms with Gasteiger partial charge in [0.05, 0.1) is 11.5 Å². The van der Waals surface area contributed by atoms with Crippen LogP contribution in [0, 0.1) is 11.5 Å². The standard InChI is InChI=1S/C19H23N6O2S.W/c1-19(2,3)9-21-6-7-25-17-15(16(20)22-10-23-17)24-18(25)28-12-4-5-13-14(8-12)27-11-26-13;/h5,8,10,21H,6-7,9,11H2,1-3H3,(H2,20,22,23);/q-1;. The van der Waals surface area contributed by atoms with E-state index in [1.54, 1.807) is 6.07 Å². The topological polar surface area (TPSA) is 100 Å². The molecule has 0 saturated heterocycles. The summed E-state index contributed by atoms with van der Waals surface area (Å²) in [4.78, 5) is 14.0. The second-order valence-corrected chi connectivity index (χ2v) is 8.76. The Balaban J connectivity index is 0.00000240. The van der Waals surface area contributed by atoms with Gasteiger partial charge in [-0.15, -0.1) is 12.1 Å². The average molecular weight is 583 g/mol. The van der Waals surface area contributed by atoms with Crippen LogP contribution in [0.3, 0.4) is 0 Å². The number of aromatic nitrogens is 4. The molecule has 0 saturated carbocycles. The number of imidazole rings is 1. The molecule has 10 heteroatoms. The first kappa shape index (κ1) is 21.9. The molecule has 1 aliphatic rings. The Kier molecular flexibility index (Phi) is 6.71. The van der Waals surface area contributed by atoms with Crippen molar-refractivity contribution in [3.63, 3.8) is 0 Å². The van der Waals surface area contributed by atoms with Gasteiger partial charge in [0.2, 0.25) is 6.79 Å². The van der Waals surface area contributed by atoms with E-state index in [0.717, 1.165) is 41.1 Å². The van der Waals surface area contributed by atoms with Gasteiger partial charge in [0.25, 0.3) is 0 Å². The molecule has 3 heterocycles. The third-order valence-corrected chi connectivity index (χ3v) is 5.12. The van der Waals surface area contributed by atoms with E-state index in [9.17, 15) is 0 Å². The van der Waals surface area contributed by atoms with Crippen molar-refractivity contribution in [3.8, 4) is 11.5 Å². The van der Waals surface area contributed by atoms with E-state index >= 15 is 0 Å². The molecule has 3 N–H and O–H groups in total. The van der Waals surface area contributed by atoms with Crippen LogP contribution in [0.25, 0.3) is 11.2 Å². The fourth-order valence-electron chi connectivity index (χ4n) is 2.85. The molecule has 1 aliphatic heterocycles. The summed E-state index contributed by atoms with van der Waals surface area (Å²) in [6.45, 7) is 9.30. The van der Waals surface area contributed by atoms with Gasteiger partial charge in [-0.1, -0.05) is 37.4 Å². The van der Waals surface area contributed by atoms with Gasteiger partial charge in [0.15, 0.2) is 22.1 Å². The Morgan fingerprint density at radius 2 is 2.07 bits per heavy atom. The largest absolute Gasteiger partial charge is 0.516 e. The number of nitrogen functional groups attached to an aromatic ring is 1. The van der Waals surface area contributed by atoms with Crippen LogP contribution in [0.4, 0.5) is 5.82 Å². The predicted octanol–water partition coefficient (Wildman–Crippen LogP) is 2.72. The third-order valence-electron chi connectivity index (χ3n) is 4.17. The molecule has 0 unspecified atom stereocenters. The average Bonchev–Trinajstić information content (AvgIpc) is 3.23. The summed E-state index contributed by atoms with van der Waals surface area (Å²) in [6.07, 6.45) is 1.47. The Morgan fingerprint density at radius 3 is 2.86 bits per heavy atom. The molecular formula is C19H23N6O2SW-. The number of nitrogens with one attached hydrogen (secondary N) is 1. The third kappa shape index (κ3) is 5.02. The molecule has 4 rings (SSSR count). The van der Waals surface area contributed by atoms with Crippen LogP contribution in [0.5, 0.6) is 11.5 Å². The quantitative estimate of drug-likeness (QED) is 0.338. The van der Waals surface area contributed by atoms with Crippen LogP contribution < -0.4 is 20.5 Å². The maximum Gasteiger partial charge on any atom is 0.215 e. The molecule has 0 spiro atoms.